The maximum atomic E-state index is 3.62. The SMILES string of the molecule is CCC1CN(C)CCCN1c1cc(Br)ccc1CBr. The van der Waals surface area contributed by atoms with Crippen molar-refractivity contribution in [3.63, 3.8) is 0 Å². The van der Waals surface area contributed by atoms with Gasteiger partial charge in [-0.3, -0.25) is 0 Å². The monoisotopic (exact) mass is 388 g/mol. The Bertz CT molecular complexity index is 423. The molecule has 0 bridgehead atoms. The summed E-state index contributed by atoms with van der Waals surface area (Å²) in [5, 5.41) is 0.915. The Morgan fingerprint density at radius 1 is 1.32 bits per heavy atom. The van der Waals surface area contributed by atoms with Crippen molar-refractivity contribution in [3.8, 4) is 0 Å². The van der Waals surface area contributed by atoms with Gasteiger partial charge in [-0.15, -0.1) is 0 Å². The lowest BCUT2D eigenvalue weighted by molar-refractivity contribution is 0.328. The molecule has 106 valence electrons. The van der Waals surface area contributed by atoms with Crippen molar-refractivity contribution in [2.24, 2.45) is 0 Å². The van der Waals surface area contributed by atoms with Gasteiger partial charge in [0, 0.05) is 34.6 Å². The van der Waals surface area contributed by atoms with E-state index in [0.29, 0.717) is 6.04 Å². The minimum Gasteiger partial charge on any atom is -0.367 e. The topological polar surface area (TPSA) is 6.48 Å². The Hall–Kier alpha value is -0.0600. The van der Waals surface area contributed by atoms with E-state index in [2.05, 4.69) is 73.8 Å². The van der Waals surface area contributed by atoms with Crippen LogP contribution >= 0.6 is 31.9 Å². The second-order valence-corrected chi connectivity index (χ2v) is 6.75. The second kappa shape index (κ2) is 7.09. The standard InChI is InChI=1S/C15H22Br2N2/c1-3-14-11-18(2)7-4-8-19(14)15-9-13(17)6-5-12(15)10-16/h5-6,9,14H,3-4,7-8,10-11H2,1-2H3. The van der Waals surface area contributed by atoms with Gasteiger partial charge in [0.1, 0.15) is 0 Å². The van der Waals surface area contributed by atoms with Crippen molar-refractivity contribution >= 4 is 37.5 Å². The average Bonchev–Trinajstić information content (AvgIpc) is 2.60. The molecule has 0 N–H and O–H groups in total. The van der Waals surface area contributed by atoms with E-state index >= 15 is 0 Å². The molecule has 1 heterocycles. The number of likely N-dealkylation sites (N-methyl/N-ethyl adjacent to an activating group) is 1. The van der Waals surface area contributed by atoms with Gasteiger partial charge in [-0.25, -0.2) is 0 Å². The first-order valence-corrected chi connectivity index (χ1v) is 8.86. The minimum absolute atomic E-state index is 0.611. The summed E-state index contributed by atoms with van der Waals surface area (Å²) in [7, 11) is 2.23. The molecular weight excluding hydrogens is 368 g/mol. The molecule has 1 unspecified atom stereocenters. The molecule has 1 aliphatic rings. The third kappa shape index (κ3) is 3.73. The summed E-state index contributed by atoms with van der Waals surface area (Å²) in [6.07, 6.45) is 2.43. The number of anilines is 1. The van der Waals surface area contributed by atoms with Gasteiger partial charge in [0.15, 0.2) is 0 Å². The van der Waals surface area contributed by atoms with Crippen LogP contribution in [0.5, 0.6) is 0 Å². The summed E-state index contributed by atoms with van der Waals surface area (Å²) in [5.74, 6) is 0. The Labute approximate surface area is 133 Å². The Morgan fingerprint density at radius 3 is 2.79 bits per heavy atom. The summed E-state index contributed by atoms with van der Waals surface area (Å²) in [4.78, 5) is 5.06. The Balaban J connectivity index is 2.34. The van der Waals surface area contributed by atoms with Crippen LogP contribution in [-0.2, 0) is 5.33 Å². The van der Waals surface area contributed by atoms with Crippen LogP contribution in [0.3, 0.4) is 0 Å². The van der Waals surface area contributed by atoms with Crippen LogP contribution in [-0.4, -0.2) is 37.6 Å². The highest BCUT2D eigenvalue weighted by Crippen LogP contribution is 2.30. The molecule has 2 rings (SSSR count). The molecule has 0 aliphatic carbocycles. The molecule has 1 fully saturated rings. The van der Waals surface area contributed by atoms with Gasteiger partial charge in [-0.2, -0.15) is 0 Å². The average molecular weight is 390 g/mol. The lowest BCUT2D eigenvalue weighted by Crippen LogP contribution is -2.40. The van der Waals surface area contributed by atoms with Crippen molar-refractivity contribution in [3.05, 3.63) is 28.2 Å². The number of halogens is 2. The van der Waals surface area contributed by atoms with Gasteiger partial charge < -0.3 is 9.80 Å². The summed E-state index contributed by atoms with van der Waals surface area (Å²) in [5.41, 5.74) is 2.76. The van der Waals surface area contributed by atoms with E-state index in [1.54, 1.807) is 0 Å². The van der Waals surface area contributed by atoms with Crippen LogP contribution in [0, 0.1) is 0 Å². The van der Waals surface area contributed by atoms with E-state index in [0.717, 1.165) is 18.4 Å². The maximum absolute atomic E-state index is 3.62. The van der Waals surface area contributed by atoms with Gasteiger partial charge in [-0.05, 0) is 44.1 Å². The van der Waals surface area contributed by atoms with Gasteiger partial charge in [0.25, 0.3) is 0 Å². The Kier molecular flexibility index (Phi) is 5.72. The predicted molar refractivity (Wildman–Crippen MR) is 90.3 cm³/mol. The zero-order valence-corrected chi connectivity index (χ0v) is 14.9. The van der Waals surface area contributed by atoms with Crippen molar-refractivity contribution in [2.75, 3.05) is 31.6 Å². The van der Waals surface area contributed by atoms with Crippen molar-refractivity contribution < 1.29 is 0 Å². The molecule has 19 heavy (non-hydrogen) atoms. The fraction of sp³-hybridized carbons (Fsp3) is 0.600. The first-order chi connectivity index (χ1) is 9.15. The minimum atomic E-state index is 0.611. The fourth-order valence-electron chi connectivity index (χ4n) is 2.83. The maximum Gasteiger partial charge on any atom is 0.0421 e. The molecule has 0 aromatic heterocycles. The van der Waals surface area contributed by atoms with Crippen LogP contribution in [0.4, 0.5) is 5.69 Å². The van der Waals surface area contributed by atoms with Crippen LogP contribution in [0.25, 0.3) is 0 Å². The van der Waals surface area contributed by atoms with Crippen LogP contribution < -0.4 is 4.90 Å². The first-order valence-electron chi connectivity index (χ1n) is 6.95. The molecular formula is C15H22Br2N2. The quantitative estimate of drug-likeness (QED) is 0.712. The number of hydrogen-bond acceptors (Lipinski definition) is 2. The molecule has 1 aromatic rings. The van der Waals surface area contributed by atoms with E-state index in [-0.39, 0.29) is 0 Å². The molecule has 1 atom stereocenters. The highest BCUT2D eigenvalue weighted by atomic mass is 79.9. The van der Waals surface area contributed by atoms with E-state index < -0.39 is 0 Å². The van der Waals surface area contributed by atoms with Crippen LogP contribution in [0.2, 0.25) is 0 Å². The summed E-state index contributed by atoms with van der Waals surface area (Å²) in [6, 6.07) is 7.23. The summed E-state index contributed by atoms with van der Waals surface area (Å²) < 4.78 is 1.17. The normalized spacial score (nSPS) is 21.5. The van der Waals surface area contributed by atoms with Gasteiger partial charge in [-0.1, -0.05) is 44.8 Å². The molecule has 4 heteroatoms. The van der Waals surface area contributed by atoms with E-state index in [1.165, 1.54) is 35.1 Å². The fourth-order valence-corrected chi connectivity index (χ4v) is 3.65. The lowest BCUT2D eigenvalue weighted by atomic mass is 10.1. The number of alkyl halides is 1. The number of rotatable bonds is 3. The van der Waals surface area contributed by atoms with Gasteiger partial charge >= 0.3 is 0 Å². The predicted octanol–water partition coefficient (Wildman–Crippen LogP) is 4.26. The van der Waals surface area contributed by atoms with E-state index in [9.17, 15) is 0 Å². The smallest absolute Gasteiger partial charge is 0.0421 e. The van der Waals surface area contributed by atoms with Crippen LogP contribution in [0.1, 0.15) is 25.3 Å². The van der Waals surface area contributed by atoms with Crippen molar-refractivity contribution in [1.82, 2.24) is 4.90 Å². The van der Waals surface area contributed by atoms with Crippen molar-refractivity contribution in [1.29, 1.82) is 0 Å². The zero-order valence-electron chi connectivity index (χ0n) is 11.7. The first kappa shape index (κ1) is 15.3. The molecule has 1 aliphatic heterocycles. The molecule has 2 nitrogen and oxygen atoms in total. The number of hydrogen-bond donors (Lipinski definition) is 0. The molecule has 0 amide bonds. The third-order valence-electron chi connectivity index (χ3n) is 3.87. The number of nitrogens with zero attached hydrogens (tertiary/aromatic N) is 2. The second-order valence-electron chi connectivity index (χ2n) is 5.28. The number of benzene rings is 1. The molecule has 0 spiro atoms. The van der Waals surface area contributed by atoms with Gasteiger partial charge in [0.2, 0.25) is 0 Å². The molecule has 0 radical (unpaired) electrons. The van der Waals surface area contributed by atoms with Crippen molar-refractivity contribution in [2.45, 2.75) is 31.1 Å². The zero-order chi connectivity index (χ0) is 13.8. The highest BCUT2D eigenvalue weighted by Gasteiger charge is 2.23. The Morgan fingerprint density at radius 2 is 2.11 bits per heavy atom. The molecule has 1 saturated heterocycles. The summed E-state index contributed by atoms with van der Waals surface area (Å²) in [6.45, 7) is 5.80. The highest BCUT2D eigenvalue weighted by molar-refractivity contribution is 9.10. The third-order valence-corrected chi connectivity index (χ3v) is 4.97. The molecule has 0 saturated carbocycles. The van der Waals surface area contributed by atoms with E-state index in [1.807, 2.05) is 0 Å². The van der Waals surface area contributed by atoms with Crippen LogP contribution in [0.15, 0.2) is 22.7 Å². The molecule has 1 aromatic carbocycles. The lowest BCUT2D eigenvalue weighted by Gasteiger charge is -2.33. The van der Waals surface area contributed by atoms with Gasteiger partial charge in [0.05, 0.1) is 0 Å². The summed E-state index contributed by atoms with van der Waals surface area (Å²) >= 11 is 7.23. The largest absolute Gasteiger partial charge is 0.367 e. The van der Waals surface area contributed by atoms with E-state index in [4.69, 9.17) is 0 Å².